The summed E-state index contributed by atoms with van der Waals surface area (Å²) in [5.41, 5.74) is 0.710. The molecular formula is C15H16O4. The highest BCUT2D eigenvalue weighted by Crippen LogP contribution is 2.21. The molecule has 100 valence electrons. The van der Waals surface area contributed by atoms with Gasteiger partial charge in [-0.3, -0.25) is 4.79 Å². The quantitative estimate of drug-likeness (QED) is 0.340. The van der Waals surface area contributed by atoms with Crippen LogP contribution in [0, 0.1) is 0 Å². The van der Waals surface area contributed by atoms with Crippen LogP contribution in [0.25, 0.3) is 0 Å². The third-order valence-corrected chi connectivity index (χ3v) is 2.68. The molecule has 0 aliphatic carbocycles. The van der Waals surface area contributed by atoms with Gasteiger partial charge >= 0.3 is 5.97 Å². The number of ketones is 1. The number of hydrogen-bond acceptors (Lipinski definition) is 4. The van der Waals surface area contributed by atoms with E-state index in [0.29, 0.717) is 17.9 Å². The molecule has 0 aromatic heterocycles. The second kappa shape index (κ2) is 6.29. The molecule has 0 spiro atoms. The number of esters is 1. The Kier molecular flexibility index (Phi) is 4.47. The lowest BCUT2D eigenvalue weighted by molar-refractivity contribution is -0.135. The summed E-state index contributed by atoms with van der Waals surface area (Å²) in [5, 5.41) is 0. The second-order valence-corrected chi connectivity index (χ2v) is 4.30. The van der Waals surface area contributed by atoms with Crippen molar-refractivity contribution in [1.29, 1.82) is 0 Å². The molecule has 1 heterocycles. The topological polar surface area (TPSA) is 55.9 Å². The molecule has 1 unspecified atom stereocenters. The Morgan fingerprint density at radius 2 is 2.16 bits per heavy atom. The Morgan fingerprint density at radius 3 is 2.84 bits per heavy atom. The van der Waals surface area contributed by atoms with Gasteiger partial charge in [0.05, 0.1) is 6.61 Å². The number of benzene rings is 1. The van der Waals surface area contributed by atoms with Crippen molar-refractivity contribution in [3.63, 3.8) is 0 Å². The summed E-state index contributed by atoms with van der Waals surface area (Å²) in [7, 11) is 0. The van der Waals surface area contributed by atoms with E-state index in [1.54, 1.807) is 24.3 Å². The highest BCUT2D eigenvalue weighted by Gasteiger charge is 2.33. The minimum absolute atomic E-state index is 0.00646. The molecule has 1 atom stereocenters. The molecule has 1 aliphatic rings. The van der Waals surface area contributed by atoms with Crippen molar-refractivity contribution < 1.29 is 19.1 Å². The summed E-state index contributed by atoms with van der Waals surface area (Å²) in [5.74, 6) is 0.0262. The van der Waals surface area contributed by atoms with Crippen molar-refractivity contribution in [2.24, 2.45) is 0 Å². The van der Waals surface area contributed by atoms with Crippen molar-refractivity contribution in [1.82, 2.24) is 0 Å². The maximum atomic E-state index is 11.7. The molecule has 1 saturated heterocycles. The molecule has 19 heavy (non-hydrogen) atoms. The van der Waals surface area contributed by atoms with Crippen LogP contribution in [0.2, 0.25) is 0 Å². The zero-order valence-electron chi connectivity index (χ0n) is 10.8. The average Bonchev–Trinajstić information content (AvgIpc) is 3.23. The van der Waals surface area contributed by atoms with E-state index in [-0.39, 0.29) is 12.2 Å². The van der Waals surface area contributed by atoms with Gasteiger partial charge in [0.15, 0.2) is 11.9 Å². The van der Waals surface area contributed by atoms with Gasteiger partial charge in [0.1, 0.15) is 5.75 Å². The first-order chi connectivity index (χ1) is 9.20. The molecule has 0 N–H and O–H groups in total. The fraction of sp³-hybridized carbons (Fsp3) is 0.333. The number of hydrogen-bond donors (Lipinski definition) is 0. The first kappa shape index (κ1) is 13.5. The van der Waals surface area contributed by atoms with Gasteiger partial charge in [-0.2, -0.15) is 0 Å². The van der Waals surface area contributed by atoms with Gasteiger partial charge < -0.3 is 9.47 Å². The largest absolute Gasteiger partial charge is 0.424 e. The fourth-order valence-electron chi connectivity index (χ4n) is 1.60. The standard InChI is InChI=1S/C15H16O4/c1-2-3-7-12(16)9-11-6-4-5-8-13(11)19-15(17)14-10-18-14/h3-8,14H,2,9-10H2,1H3. The fourth-order valence-corrected chi connectivity index (χ4v) is 1.60. The minimum Gasteiger partial charge on any atom is -0.424 e. The molecule has 0 radical (unpaired) electrons. The number of carbonyl (C=O) groups is 2. The lowest BCUT2D eigenvalue weighted by atomic mass is 10.1. The van der Waals surface area contributed by atoms with Gasteiger partial charge in [0.25, 0.3) is 0 Å². The number of ether oxygens (including phenoxy) is 2. The van der Waals surface area contributed by atoms with E-state index in [2.05, 4.69) is 0 Å². The Morgan fingerprint density at radius 1 is 1.42 bits per heavy atom. The first-order valence-corrected chi connectivity index (χ1v) is 6.31. The van der Waals surface area contributed by atoms with E-state index in [1.807, 2.05) is 19.1 Å². The molecule has 2 rings (SSSR count). The molecule has 1 aromatic carbocycles. The monoisotopic (exact) mass is 260 g/mol. The Labute approximate surface area is 112 Å². The lowest BCUT2D eigenvalue weighted by Crippen LogP contribution is -2.16. The maximum absolute atomic E-state index is 11.7. The molecule has 1 aromatic rings. The SMILES string of the molecule is CCC=CC(=O)Cc1ccccc1OC(=O)C1CO1. The Bertz CT molecular complexity index is 501. The molecule has 0 bridgehead atoms. The number of rotatable bonds is 6. The van der Waals surface area contributed by atoms with Crippen molar-refractivity contribution in [3.05, 3.63) is 42.0 Å². The summed E-state index contributed by atoms with van der Waals surface area (Å²) in [6.45, 7) is 2.38. The van der Waals surface area contributed by atoms with Crippen LogP contribution in [0.15, 0.2) is 36.4 Å². The van der Waals surface area contributed by atoms with Crippen LogP contribution in [0.3, 0.4) is 0 Å². The molecular weight excluding hydrogens is 244 g/mol. The third-order valence-electron chi connectivity index (χ3n) is 2.68. The van der Waals surface area contributed by atoms with Crippen LogP contribution in [-0.4, -0.2) is 24.5 Å². The third kappa shape index (κ3) is 4.03. The number of carbonyl (C=O) groups excluding carboxylic acids is 2. The van der Waals surface area contributed by atoms with Crippen LogP contribution in [0.1, 0.15) is 18.9 Å². The first-order valence-electron chi connectivity index (χ1n) is 6.31. The van der Waals surface area contributed by atoms with Crippen LogP contribution in [-0.2, 0) is 20.7 Å². The summed E-state index contributed by atoms with van der Waals surface area (Å²) in [6, 6.07) is 7.06. The smallest absolute Gasteiger partial charge is 0.343 e. The highest BCUT2D eigenvalue weighted by molar-refractivity contribution is 5.92. The number of epoxide rings is 1. The molecule has 0 saturated carbocycles. The van der Waals surface area contributed by atoms with Crippen LogP contribution < -0.4 is 4.74 Å². The van der Waals surface area contributed by atoms with Crippen molar-refractivity contribution in [3.8, 4) is 5.75 Å². The normalized spacial score (nSPS) is 17.4. The highest BCUT2D eigenvalue weighted by atomic mass is 16.6. The Balaban J connectivity index is 2.04. The predicted octanol–water partition coefficient (Wildman–Crippen LogP) is 2.07. The average molecular weight is 260 g/mol. The summed E-state index contributed by atoms with van der Waals surface area (Å²) in [4.78, 5) is 23.2. The molecule has 4 nitrogen and oxygen atoms in total. The summed E-state index contributed by atoms with van der Waals surface area (Å²) >= 11 is 0. The van der Waals surface area contributed by atoms with E-state index in [0.717, 1.165) is 6.42 Å². The van der Waals surface area contributed by atoms with Gasteiger partial charge in [0, 0.05) is 12.0 Å². The van der Waals surface area contributed by atoms with Gasteiger partial charge in [-0.15, -0.1) is 0 Å². The van der Waals surface area contributed by atoms with E-state index < -0.39 is 12.1 Å². The van der Waals surface area contributed by atoms with Crippen molar-refractivity contribution in [2.45, 2.75) is 25.9 Å². The molecule has 1 aliphatic heterocycles. The van der Waals surface area contributed by atoms with E-state index in [1.165, 1.54) is 0 Å². The molecule has 4 heteroatoms. The second-order valence-electron chi connectivity index (χ2n) is 4.30. The van der Waals surface area contributed by atoms with E-state index in [4.69, 9.17) is 9.47 Å². The summed E-state index contributed by atoms with van der Waals surface area (Å²) in [6.07, 6.45) is 3.98. The van der Waals surface area contributed by atoms with Crippen molar-refractivity contribution in [2.75, 3.05) is 6.61 Å². The predicted molar refractivity (Wildman–Crippen MR) is 70.0 cm³/mol. The maximum Gasteiger partial charge on any atom is 0.343 e. The summed E-state index contributed by atoms with van der Waals surface area (Å²) < 4.78 is 10.1. The van der Waals surface area contributed by atoms with Crippen LogP contribution in [0.4, 0.5) is 0 Å². The van der Waals surface area contributed by atoms with Crippen LogP contribution >= 0.6 is 0 Å². The lowest BCUT2D eigenvalue weighted by Gasteiger charge is -2.07. The zero-order valence-corrected chi connectivity index (χ0v) is 10.8. The van der Waals surface area contributed by atoms with Gasteiger partial charge in [-0.05, 0) is 18.6 Å². The number of para-hydroxylation sites is 1. The zero-order chi connectivity index (χ0) is 13.7. The molecule has 0 amide bonds. The van der Waals surface area contributed by atoms with Crippen molar-refractivity contribution >= 4 is 11.8 Å². The van der Waals surface area contributed by atoms with E-state index in [9.17, 15) is 9.59 Å². The Hall–Kier alpha value is -1.94. The van der Waals surface area contributed by atoms with Gasteiger partial charge in [0.2, 0.25) is 0 Å². The van der Waals surface area contributed by atoms with Crippen LogP contribution in [0.5, 0.6) is 5.75 Å². The van der Waals surface area contributed by atoms with Gasteiger partial charge in [-0.1, -0.05) is 31.2 Å². The van der Waals surface area contributed by atoms with E-state index >= 15 is 0 Å². The molecule has 1 fully saturated rings. The number of allylic oxidation sites excluding steroid dienone is 2. The minimum atomic E-state index is -0.441. The van der Waals surface area contributed by atoms with Gasteiger partial charge in [-0.25, -0.2) is 4.79 Å².